The number of unbranched alkanes of at least 4 members (excludes halogenated alkanes) is 1. The van der Waals surface area contributed by atoms with Crippen LogP contribution in [0, 0.1) is 0 Å². The van der Waals surface area contributed by atoms with E-state index in [-0.39, 0.29) is 10.8 Å². The van der Waals surface area contributed by atoms with E-state index in [2.05, 4.69) is 4.72 Å². The maximum atomic E-state index is 11.7. The number of anilines is 1. The molecular weight excluding hydrogens is 305 g/mol. The standard InChI is InChI=1S/C10H12Cl3NO2S/c11-6-1-2-7-17(15,16)14-9-5-3-4-8(12)10(9)13/h3-5,14H,1-2,6-7H2. The van der Waals surface area contributed by atoms with Crippen molar-refractivity contribution in [3.63, 3.8) is 0 Å². The minimum Gasteiger partial charge on any atom is -0.282 e. The smallest absolute Gasteiger partial charge is 0.232 e. The van der Waals surface area contributed by atoms with Crippen LogP contribution >= 0.6 is 34.8 Å². The fourth-order valence-electron chi connectivity index (χ4n) is 1.19. The topological polar surface area (TPSA) is 46.2 Å². The minimum atomic E-state index is -3.40. The molecule has 0 aliphatic heterocycles. The van der Waals surface area contributed by atoms with Gasteiger partial charge in [-0.15, -0.1) is 11.6 Å². The van der Waals surface area contributed by atoms with Gasteiger partial charge in [0.15, 0.2) is 0 Å². The van der Waals surface area contributed by atoms with Gasteiger partial charge in [0, 0.05) is 5.88 Å². The molecule has 0 aliphatic carbocycles. The molecule has 17 heavy (non-hydrogen) atoms. The average molecular weight is 317 g/mol. The molecule has 0 heterocycles. The fourth-order valence-corrected chi connectivity index (χ4v) is 2.97. The molecule has 0 fully saturated rings. The summed E-state index contributed by atoms with van der Waals surface area (Å²) in [7, 11) is -3.40. The molecular formula is C10H12Cl3NO2S. The first kappa shape index (κ1) is 14.9. The number of sulfonamides is 1. The molecule has 0 bridgehead atoms. The Morgan fingerprint density at radius 3 is 2.53 bits per heavy atom. The summed E-state index contributed by atoms with van der Waals surface area (Å²) in [5, 5.41) is 0.516. The maximum absolute atomic E-state index is 11.7. The molecule has 96 valence electrons. The van der Waals surface area contributed by atoms with Crippen molar-refractivity contribution < 1.29 is 8.42 Å². The Bertz CT molecular complexity index is 476. The number of hydrogen-bond donors (Lipinski definition) is 1. The number of nitrogens with one attached hydrogen (secondary N) is 1. The second-order valence-corrected chi connectivity index (χ2v) is 6.42. The third-order valence-electron chi connectivity index (χ3n) is 2.01. The van der Waals surface area contributed by atoms with E-state index in [1.54, 1.807) is 18.2 Å². The van der Waals surface area contributed by atoms with Crippen molar-refractivity contribution >= 4 is 50.5 Å². The number of benzene rings is 1. The molecule has 0 saturated carbocycles. The molecule has 0 atom stereocenters. The first-order valence-corrected chi connectivity index (χ1v) is 7.91. The monoisotopic (exact) mass is 315 g/mol. The van der Waals surface area contributed by atoms with Crippen LogP contribution in [-0.2, 0) is 10.0 Å². The lowest BCUT2D eigenvalue weighted by Gasteiger charge is -2.09. The van der Waals surface area contributed by atoms with Crippen LogP contribution in [0.3, 0.4) is 0 Å². The second-order valence-electron chi connectivity index (χ2n) is 3.42. The zero-order valence-corrected chi connectivity index (χ0v) is 12.0. The van der Waals surface area contributed by atoms with Gasteiger partial charge in [-0.25, -0.2) is 8.42 Å². The minimum absolute atomic E-state index is 0.0164. The molecule has 1 N–H and O–H groups in total. The summed E-state index contributed by atoms with van der Waals surface area (Å²) in [5.74, 6) is 0.468. The molecule has 0 radical (unpaired) electrons. The van der Waals surface area contributed by atoms with E-state index in [1.807, 2.05) is 0 Å². The van der Waals surface area contributed by atoms with Gasteiger partial charge in [-0.05, 0) is 25.0 Å². The van der Waals surface area contributed by atoms with Gasteiger partial charge >= 0.3 is 0 Å². The Kier molecular flexibility index (Phi) is 5.86. The van der Waals surface area contributed by atoms with Gasteiger partial charge in [-0.1, -0.05) is 29.3 Å². The highest BCUT2D eigenvalue weighted by Crippen LogP contribution is 2.30. The van der Waals surface area contributed by atoms with Gasteiger partial charge in [0.25, 0.3) is 0 Å². The summed E-state index contributed by atoms with van der Waals surface area (Å²) < 4.78 is 25.8. The van der Waals surface area contributed by atoms with E-state index in [9.17, 15) is 8.42 Å². The zero-order chi connectivity index (χ0) is 12.9. The van der Waals surface area contributed by atoms with Crippen LogP contribution in [0.4, 0.5) is 5.69 Å². The summed E-state index contributed by atoms with van der Waals surface area (Å²) in [6.45, 7) is 0. The second kappa shape index (κ2) is 6.69. The summed E-state index contributed by atoms with van der Waals surface area (Å²) in [5.41, 5.74) is 0.296. The number of hydrogen-bond acceptors (Lipinski definition) is 2. The number of rotatable bonds is 6. The van der Waals surface area contributed by atoms with Crippen molar-refractivity contribution in [1.82, 2.24) is 0 Å². The molecule has 0 saturated heterocycles. The third kappa shape index (κ3) is 4.92. The number of halogens is 3. The van der Waals surface area contributed by atoms with Crippen LogP contribution in [0.25, 0.3) is 0 Å². The van der Waals surface area contributed by atoms with Crippen LogP contribution in [0.5, 0.6) is 0 Å². The predicted molar refractivity (Wildman–Crippen MR) is 73.8 cm³/mol. The lowest BCUT2D eigenvalue weighted by atomic mass is 10.3. The Hall–Kier alpha value is -0.160. The Labute approximate surface area is 116 Å². The summed E-state index contributed by atoms with van der Waals surface area (Å²) >= 11 is 17.1. The van der Waals surface area contributed by atoms with Crippen LogP contribution in [-0.4, -0.2) is 20.1 Å². The van der Waals surface area contributed by atoms with E-state index >= 15 is 0 Å². The van der Waals surface area contributed by atoms with Gasteiger partial charge < -0.3 is 0 Å². The summed E-state index contributed by atoms with van der Waals surface area (Å²) in [4.78, 5) is 0. The van der Waals surface area contributed by atoms with Crippen molar-refractivity contribution in [3.05, 3.63) is 28.2 Å². The van der Waals surface area contributed by atoms with E-state index in [4.69, 9.17) is 34.8 Å². The van der Waals surface area contributed by atoms with Crippen LogP contribution in [0.2, 0.25) is 10.0 Å². The average Bonchev–Trinajstić information content (AvgIpc) is 2.25. The van der Waals surface area contributed by atoms with Gasteiger partial charge in [-0.2, -0.15) is 0 Å². The quantitative estimate of drug-likeness (QED) is 0.641. The number of alkyl halides is 1. The zero-order valence-electron chi connectivity index (χ0n) is 8.92. The third-order valence-corrected chi connectivity index (χ3v) is 4.46. The fraction of sp³-hybridized carbons (Fsp3) is 0.400. The molecule has 0 spiro atoms. The van der Waals surface area contributed by atoms with Crippen LogP contribution in [0.15, 0.2) is 18.2 Å². The Morgan fingerprint density at radius 1 is 1.18 bits per heavy atom. The Balaban J connectivity index is 2.73. The maximum Gasteiger partial charge on any atom is 0.232 e. The molecule has 1 rings (SSSR count). The van der Waals surface area contributed by atoms with Crippen molar-refractivity contribution in [2.45, 2.75) is 12.8 Å². The van der Waals surface area contributed by atoms with Gasteiger partial charge in [0.1, 0.15) is 0 Å². The molecule has 0 aliphatic rings. The SMILES string of the molecule is O=S(=O)(CCCCCl)Nc1cccc(Cl)c1Cl. The molecule has 0 aromatic heterocycles. The van der Waals surface area contributed by atoms with E-state index in [0.29, 0.717) is 29.4 Å². The van der Waals surface area contributed by atoms with E-state index in [1.165, 1.54) is 0 Å². The molecule has 1 aromatic carbocycles. The van der Waals surface area contributed by atoms with Gasteiger partial charge in [0.2, 0.25) is 10.0 Å². The first-order chi connectivity index (χ1) is 7.96. The lowest BCUT2D eigenvalue weighted by molar-refractivity contribution is 0.598. The van der Waals surface area contributed by atoms with Crippen molar-refractivity contribution in [3.8, 4) is 0 Å². The largest absolute Gasteiger partial charge is 0.282 e. The highest BCUT2D eigenvalue weighted by atomic mass is 35.5. The van der Waals surface area contributed by atoms with E-state index in [0.717, 1.165) is 0 Å². The first-order valence-electron chi connectivity index (χ1n) is 4.97. The normalized spacial score (nSPS) is 11.5. The van der Waals surface area contributed by atoms with Crippen LogP contribution in [0.1, 0.15) is 12.8 Å². The summed E-state index contributed by atoms with van der Waals surface area (Å²) in [6, 6.07) is 4.79. The van der Waals surface area contributed by atoms with Gasteiger partial charge in [-0.3, -0.25) is 4.72 Å². The van der Waals surface area contributed by atoms with Crippen molar-refractivity contribution in [2.24, 2.45) is 0 Å². The van der Waals surface area contributed by atoms with Crippen molar-refractivity contribution in [2.75, 3.05) is 16.4 Å². The molecule has 3 nitrogen and oxygen atoms in total. The van der Waals surface area contributed by atoms with Gasteiger partial charge in [0.05, 0.1) is 21.5 Å². The molecule has 0 unspecified atom stereocenters. The van der Waals surface area contributed by atoms with Crippen molar-refractivity contribution in [1.29, 1.82) is 0 Å². The summed E-state index contributed by atoms with van der Waals surface area (Å²) in [6.07, 6.45) is 1.17. The Morgan fingerprint density at radius 2 is 1.88 bits per heavy atom. The lowest BCUT2D eigenvalue weighted by Crippen LogP contribution is -2.17. The van der Waals surface area contributed by atoms with E-state index < -0.39 is 10.0 Å². The molecule has 7 heteroatoms. The van der Waals surface area contributed by atoms with Crippen LogP contribution < -0.4 is 4.72 Å². The predicted octanol–water partition coefficient (Wildman–Crippen LogP) is 3.75. The highest BCUT2D eigenvalue weighted by molar-refractivity contribution is 7.92. The highest BCUT2D eigenvalue weighted by Gasteiger charge is 2.13. The molecule has 0 amide bonds. The molecule has 1 aromatic rings.